The molecule has 0 aliphatic carbocycles. The fourth-order valence-electron chi connectivity index (χ4n) is 6.51. The summed E-state index contributed by atoms with van der Waals surface area (Å²) in [4.78, 5) is 46.0. The van der Waals surface area contributed by atoms with Crippen LogP contribution in [0.15, 0.2) is 90.2 Å². The quantitative estimate of drug-likeness (QED) is 0.314. The minimum absolute atomic E-state index is 0.0426. The van der Waals surface area contributed by atoms with E-state index in [9.17, 15) is 14.0 Å². The number of rotatable bonds is 8. The van der Waals surface area contributed by atoms with Crippen LogP contribution in [0.25, 0.3) is 11.4 Å². The highest BCUT2D eigenvalue weighted by atomic mass is 19.1. The van der Waals surface area contributed by atoms with E-state index < -0.39 is 0 Å². The van der Waals surface area contributed by atoms with Crippen LogP contribution in [0.2, 0.25) is 0 Å². The molecule has 7 rings (SSSR count). The van der Waals surface area contributed by atoms with Gasteiger partial charge in [-0.15, -0.1) is 0 Å². The first-order chi connectivity index (χ1) is 22.5. The molecule has 4 aromatic rings. The van der Waals surface area contributed by atoms with E-state index in [-0.39, 0.29) is 23.5 Å². The SMILES string of the molecule is O=C(Nc1ccc2c(c1)C(Cc1ccccc1F)=NC2)C1CCN(CC(=O)N2CCN(c3ccc(-c4ncccn4)cc3)CC2)C1. The van der Waals surface area contributed by atoms with Crippen molar-refractivity contribution in [2.24, 2.45) is 10.9 Å². The van der Waals surface area contributed by atoms with Crippen LogP contribution < -0.4 is 10.2 Å². The Hall–Kier alpha value is -4.96. The maximum Gasteiger partial charge on any atom is 0.236 e. The van der Waals surface area contributed by atoms with Crippen molar-refractivity contribution in [1.82, 2.24) is 19.8 Å². The van der Waals surface area contributed by atoms with Crippen LogP contribution >= 0.6 is 0 Å². The molecule has 0 bridgehead atoms. The Bertz CT molecular complexity index is 1750. The smallest absolute Gasteiger partial charge is 0.236 e. The second-order valence-corrected chi connectivity index (χ2v) is 12.1. The summed E-state index contributed by atoms with van der Waals surface area (Å²) < 4.78 is 14.3. The summed E-state index contributed by atoms with van der Waals surface area (Å²) in [5.74, 6) is 0.345. The number of amides is 2. The molecule has 2 saturated heterocycles. The van der Waals surface area contributed by atoms with Gasteiger partial charge in [-0.2, -0.15) is 0 Å². The van der Waals surface area contributed by atoms with E-state index >= 15 is 0 Å². The highest BCUT2D eigenvalue weighted by Gasteiger charge is 2.31. The lowest BCUT2D eigenvalue weighted by Gasteiger charge is -2.36. The molecule has 9 nitrogen and oxygen atoms in total. The Morgan fingerprint density at radius 2 is 1.67 bits per heavy atom. The summed E-state index contributed by atoms with van der Waals surface area (Å²) in [7, 11) is 0. The normalized spacial score (nSPS) is 17.9. The Balaban J connectivity index is 0.880. The van der Waals surface area contributed by atoms with Crippen molar-refractivity contribution >= 4 is 28.9 Å². The van der Waals surface area contributed by atoms with Gasteiger partial charge in [0, 0.05) is 79.8 Å². The number of piperazine rings is 1. The Kier molecular flexibility index (Phi) is 8.52. The maximum absolute atomic E-state index is 14.3. The number of nitrogens with one attached hydrogen (secondary N) is 1. The van der Waals surface area contributed by atoms with Gasteiger partial charge in [0.25, 0.3) is 0 Å². The van der Waals surface area contributed by atoms with Crippen LogP contribution in [0.4, 0.5) is 15.8 Å². The minimum Gasteiger partial charge on any atom is -0.368 e. The van der Waals surface area contributed by atoms with E-state index in [4.69, 9.17) is 0 Å². The lowest BCUT2D eigenvalue weighted by Crippen LogP contribution is -2.51. The molecule has 0 radical (unpaired) electrons. The van der Waals surface area contributed by atoms with Crippen molar-refractivity contribution in [2.45, 2.75) is 19.4 Å². The molecule has 3 aliphatic rings. The molecule has 0 saturated carbocycles. The van der Waals surface area contributed by atoms with E-state index in [0.717, 1.165) is 41.2 Å². The highest BCUT2D eigenvalue weighted by Crippen LogP contribution is 2.27. The number of aliphatic imine (C=N–C) groups is 1. The summed E-state index contributed by atoms with van der Waals surface area (Å²) in [6.45, 7) is 5.03. The monoisotopic (exact) mass is 617 g/mol. The van der Waals surface area contributed by atoms with Crippen molar-refractivity contribution in [3.8, 4) is 11.4 Å². The zero-order chi connectivity index (χ0) is 31.5. The second kappa shape index (κ2) is 13.2. The van der Waals surface area contributed by atoms with Gasteiger partial charge in [-0.05, 0) is 72.6 Å². The summed E-state index contributed by atoms with van der Waals surface area (Å²) in [6, 6.07) is 22.6. The van der Waals surface area contributed by atoms with Crippen molar-refractivity contribution in [3.05, 3.63) is 108 Å². The zero-order valence-corrected chi connectivity index (χ0v) is 25.6. The molecule has 46 heavy (non-hydrogen) atoms. The van der Waals surface area contributed by atoms with Crippen LogP contribution in [0, 0.1) is 11.7 Å². The number of hydrogen-bond acceptors (Lipinski definition) is 7. The van der Waals surface area contributed by atoms with Gasteiger partial charge >= 0.3 is 0 Å². The van der Waals surface area contributed by atoms with Gasteiger partial charge in [0.1, 0.15) is 5.82 Å². The number of benzene rings is 3. The second-order valence-electron chi connectivity index (χ2n) is 12.1. The molecule has 3 aromatic carbocycles. The molecule has 1 unspecified atom stereocenters. The maximum atomic E-state index is 14.3. The number of fused-ring (bicyclic) bond motifs is 1. The Morgan fingerprint density at radius 1 is 0.891 bits per heavy atom. The lowest BCUT2D eigenvalue weighted by atomic mass is 9.99. The van der Waals surface area contributed by atoms with Gasteiger partial charge < -0.3 is 15.1 Å². The molecule has 4 heterocycles. The van der Waals surface area contributed by atoms with Gasteiger partial charge in [-0.1, -0.05) is 24.3 Å². The number of aromatic nitrogens is 2. The standard InChI is InChI=1S/C36H36FN7O2/c37-32-5-2-1-4-26(32)20-33-31-21-29(9-6-27(31)22-40-33)41-36(46)28-12-15-42(23-28)24-34(45)44-18-16-43(17-19-44)30-10-7-25(8-11-30)35-38-13-3-14-39-35/h1-11,13-14,21,28H,12,15-20,22-24H2,(H,41,46). The molecule has 10 heteroatoms. The average Bonchev–Trinajstić information content (AvgIpc) is 3.73. The number of carbonyl (C=O) groups excluding carboxylic acids is 2. The van der Waals surface area contributed by atoms with E-state index in [1.165, 1.54) is 6.07 Å². The van der Waals surface area contributed by atoms with E-state index in [1.807, 2.05) is 41.3 Å². The molecule has 0 spiro atoms. The number of nitrogens with zero attached hydrogens (tertiary/aromatic N) is 6. The number of halogens is 1. The Labute approximate surface area is 267 Å². The first-order valence-corrected chi connectivity index (χ1v) is 15.8. The predicted molar refractivity (Wildman–Crippen MR) is 176 cm³/mol. The first-order valence-electron chi connectivity index (χ1n) is 15.8. The van der Waals surface area contributed by atoms with Crippen LogP contribution in [-0.4, -0.2) is 83.1 Å². The third-order valence-corrected chi connectivity index (χ3v) is 9.14. The Morgan fingerprint density at radius 3 is 2.46 bits per heavy atom. The van der Waals surface area contributed by atoms with Crippen LogP contribution in [0.5, 0.6) is 0 Å². The highest BCUT2D eigenvalue weighted by molar-refractivity contribution is 6.06. The molecule has 2 fully saturated rings. The third-order valence-electron chi connectivity index (χ3n) is 9.14. The molecule has 234 valence electrons. The summed E-state index contributed by atoms with van der Waals surface area (Å²) in [5, 5.41) is 3.08. The average molecular weight is 618 g/mol. The summed E-state index contributed by atoms with van der Waals surface area (Å²) >= 11 is 0. The van der Waals surface area contributed by atoms with Gasteiger partial charge in [-0.3, -0.25) is 19.5 Å². The third kappa shape index (κ3) is 6.53. The van der Waals surface area contributed by atoms with Crippen LogP contribution in [0.3, 0.4) is 0 Å². The molecular weight excluding hydrogens is 581 g/mol. The molecule has 3 aliphatic heterocycles. The molecule has 1 aromatic heterocycles. The van der Waals surface area contributed by atoms with E-state index in [2.05, 4.69) is 42.2 Å². The molecule has 1 atom stereocenters. The van der Waals surface area contributed by atoms with Gasteiger partial charge in [0.15, 0.2) is 5.82 Å². The summed E-state index contributed by atoms with van der Waals surface area (Å²) in [6.07, 6.45) is 4.60. The van der Waals surface area contributed by atoms with E-state index in [1.54, 1.807) is 30.6 Å². The van der Waals surface area contributed by atoms with Crippen LogP contribution in [0.1, 0.15) is 23.1 Å². The molecule has 2 amide bonds. The first kappa shape index (κ1) is 29.7. The number of carbonyl (C=O) groups is 2. The zero-order valence-electron chi connectivity index (χ0n) is 25.6. The van der Waals surface area contributed by atoms with Crippen molar-refractivity contribution < 1.29 is 14.0 Å². The van der Waals surface area contributed by atoms with Gasteiger partial charge in [0.05, 0.1) is 19.0 Å². The number of anilines is 2. The van der Waals surface area contributed by atoms with Crippen molar-refractivity contribution in [2.75, 3.05) is 56.0 Å². The molecule has 1 N–H and O–H groups in total. The predicted octanol–water partition coefficient (Wildman–Crippen LogP) is 4.44. The fraction of sp³-hybridized carbons (Fsp3) is 0.306. The van der Waals surface area contributed by atoms with Gasteiger partial charge in [0.2, 0.25) is 11.8 Å². The van der Waals surface area contributed by atoms with E-state index in [0.29, 0.717) is 69.2 Å². The number of likely N-dealkylation sites (tertiary alicyclic amines) is 1. The fourth-order valence-corrected chi connectivity index (χ4v) is 6.51. The largest absolute Gasteiger partial charge is 0.368 e. The summed E-state index contributed by atoms with van der Waals surface area (Å²) in [5.41, 5.74) is 6.28. The van der Waals surface area contributed by atoms with Gasteiger partial charge in [-0.25, -0.2) is 14.4 Å². The minimum atomic E-state index is -0.240. The number of hydrogen-bond donors (Lipinski definition) is 1. The topological polar surface area (TPSA) is 94.0 Å². The van der Waals surface area contributed by atoms with Crippen molar-refractivity contribution in [3.63, 3.8) is 0 Å². The lowest BCUT2D eigenvalue weighted by molar-refractivity contribution is -0.132. The molecular formula is C36H36FN7O2. The van der Waals surface area contributed by atoms with Crippen LogP contribution in [-0.2, 0) is 22.6 Å². The van der Waals surface area contributed by atoms with Crippen molar-refractivity contribution in [1.29, 1.82) is 0 Å².